The molecule has 116 valence electrons. The van der Waals surface area contributed by atoms with Crippen molar-refractivity contribution >= 4 is 18.1 Å². The van der Waals surface area contributed by atoms with E-state index in [4.69, 9.17) is 27.4 Å². The number of aliphatic hydroxyl groups excluding tert-OH is 2. The van der Waals surface area contributed by atoms with Crippen LogP contribution < -0.4 is 11.3 Å². The molecule has 0 aliphatic carbocycles. The molecule has 1 aromatic heterocycles. The predicted octanol–water partition coefficient (Wildman–Crippen LogP) is -1.73. The fourth-order valence-corrected chi connectivity index (χ4v) is 2.36. The van der Waals surface area contributed by atoms with Gasteiger partial charge in [-0.3, -0.25) is 19.1 Å². The first-order valence-corrected chi connectivity index (χ1v) is 6.43. The molecule has 0 radical (unpaired) electrons. The maximum absolute atomic E-state index is 11.6. The number of hydrogen-bond donors (Lipinski definition) is 4. The van der Waals surface area contributed by atoms with Crippen molar-refractivity contribution in [3.05, 3.63) is 26.9 Å². The molecule has 1 aliphatic heterocycles. The Morgan fingerprint density at radius 3 is 2.81 bits per heavy atom. The van der Waals surface area contributed by atoms with Crippen LogP contribution in [0, 0.1) is 4.77 Å². The summed E-state index contributed by atoms with van der Waals surface area (Å²) in [5.41, 5.74) is 4.03. The molecule has 1 saturated heterocycles. The maximum Gasteiger partial charge on any atom is 0.264 e. The average molecular weight is 317 g/mol. The Morgan fingerprint density at radius 1 is 1.57 bits per heavy atom. The van der Waals surface area contributed by atoms with Crippen LogP contribution in [0.15, 0.2) is 11.0 Å². The number of rotatable bonds is 4. The average Bonchev–Trinajstić information content (AvgIpc) is 2.67. The van der Waals surface area contributed by atoms with Gasteiger partial charge in [0.15, 0.2) is 11.0 Å². The van der Waals surface area contributed by atoms with Gasteiger partial charge in [-0.05, 0) is 12.2 Å². The first-order valence-electron chi connectivity index (χ1n) is 6.02. The Balaban J connectivity index is 2.43. The van der Waals surface area contributed by atoms with E-state index in [0.717, 1.165) is 6.20 Å². The summed E-state index contributed by atoms with van der Waals surface area (Å²) >= 11 is 4.97. The van der Waals surface area contributed by atoms with Gasteiger partial charge in [-0.25, -0.2) is 0 Å². The predicted molar refractivity (Wildman–Crippen MR) is 72.2 cm³/mol. The maximum atomic E-state index is 11.6. The number of hydrogen-bond acceptors (Lipinski definition) is 7. The summed E-state index contributed by atoms with van der Waals surface area (Å²) in [7, 11) is 1.42. The van der Waals surface area contributed by atoms with Gasteiger partial charge < -0.3 is 25.4 Å². The van der Waals surface area contributed by atoms with Crippen LogP contribution in [-0.4, -0.2) is 57.7 Å². The van der Waals surface area contributed by atoms with Crippen molar-refractivity contribution in [2.45, 2.75) is 24.5 Å². The molecule has 0 saturated carbocycles. The number of ether oxygens (including phenoxy) is 2. The van der Waals surface area contributed by atoms with E-state index in [2.05, 4.69) is 4.98 Å². The summed E-state index contributed by atoms with van der Waals surface area (Å²) < 4.78 is 11.4. The third-order valence-corrected chi connectivity index (χ3v) is 3.49. The van der Waals surface area contributed by atoms with Crippen molar-refractivity contribution < 1.29 is 24.5 Å². The highest BCUT2D eigenvalue weighted by atomic mass is 32.1. The van der Waals surface area contributed by atoms with E-state index in [1.54, 1.807) is 0 Å². The molecule has 4 atom stereocenters. The molecule has 1 fully saturated rings. The van der Waals surface area contributed by atoms with E-state index in [1.807, 2.05) is 0 Å². The lowest BCUT2D eigenvalue weighted by atomic mass is 10.1. The van der Waals surface area contributed by atoms with E-state index in [0.29, 0.717) is 0 Å². The normalized spacial score (nSPS) is 28.7. The number of methoxy groups -OCH3 is 1. The molecule has 0 bridgehead atoms. The summed E-state index contributed by atoms with van der Waals surface area (Å²) in [5, 5.41) is 19.9. The SMILES string of the molecule is COCC1OC(n2cc(C(N)=O)c(=O)[nH]c2=S)C(O)C1O. The summed E-state index contributed by atoms with van der Waals surface area (Å²) in [6.45, 7) is 0.0636. The highest BCUT2D eigenvalue weighted by molar-refractivity contribution is 7.71. The molecule has 1 amide bonds. The van der Waals surface area contributed by atoms with E-state index < -0.39 is 36.0 Å². The highest BCUT2D eigenvalue weighted by Gasteiger charge is 2.43. The van der Waals surface area contributed by atoms with Gasteiger partial charge in [-0.15, -0.1) is 0 Å². The van der Waals surface area contributed by atoms with Crippen LogP contribution in [0.1, 0.15) is 16.6 Å². The zero-order valence-corrected chi connectivity index (χ0v) is 11.9. The number of carbonyl (C=O) groups is 1. The van der Waals surface area contributed by atoms with Gasteiger partial charge in [0.05, 0.1) is 6.61 Å². The first-order chi connectivity index (χ1) is 9.86. The van der Waals surface area contributed by atoms with E-state index in [1.165, 1.54) is 11.7 Å². The molecular weight excluding hydrogens is 302 g/mol. The van der Waals surface area contributed by atoms with Crippen molar-refractivity contribution in [2.75, 3.05) is 13.7 Å². The summed E-state index contributed by atoms with van der Waals surface area (Å²) in [4.78, 5) is 25.0. The van der Waals surface area contributed by atoms with Gasteiger partial charge in [0.25, 0.3) is 11.5 Å². The van der Waals surface area contributed by atoms with Crippen molar-refractivity contribution in [1.29, 1.82) is 0 Å². The minimum absolute atomic E-state index is 0.0636. The van der Waals surface area contributed by atoms with Crippen LogP contribution in [0.3, 0.4) is 0 Å². The van der Waals surface area contributed by atoms with Crippen LogP contribution in [-0.2, 0) is 9.47 Å². The molecule has 9 nitrogen and oxygen atoms in total. The second-order valence-corrected chi connectivity index (χ2v) is 4.96. The van der Waals surface area contributed by atoms with E-state index in [-0.39, 0.29) is 16.9 Å². The third-order valence-electron chi connectivity index (χ3n) is 3.18. The summed E-state index contributed by atoms with van der Waals surface area (Å²) in [6.07, 6.45) is -3.23. The van der Waals surface area contributed by atoms with Gasteiger partial charge in [0.1, 0.15) is 23.9 Å². The third kappa shape index (κ3) is 2.89. The molecule has 10 heteroatoms. The molecule has 2 heterocycles. The number of nitrogens with two attached hydrogens (primary N) is 1. The van der Waals surface area contributed by atoms with Gasteiger partial charge in [-0.2, -0.15) is 0 Å². The van der Waals surface area contributed by atoms with Crippen LogP contribution in [0.25, 0.3) is 0 Å². The lowest BCUT2D eigenvalue weighted by molar-refractivity contribution is -0.0607. The monoisotopic (exact) mass is 317 g/mol. The molecule has 0 aromatic carbocycles. The van der Waals surface area contributed by atoms with Gasteiger partial charge in [0, 0.05) is 13.3 Å². The van der Waals surface area contributed by atoms with E-state index >= 15 is 0 Å². The van der Waals surface area contributed by atoms with Crippen LogP contribution in [0.2, 0.25) is 0 Å². The van der Waals surface area contributed by atoms with Gasteiger partial charge in [0.2, 0.25) is 0 Å². The number of primary amides is 1. The fourth-order valence-electron chi connectivity index (χ4n) is 2.11. The highest BCUT2D eigenvalue weighted by Crippen LogP contribution is 2.29. The number of carbonyl (C=O) groups excluding carboxylic acids is 1. The minimum atomic E-state index is -1.30. The van der Waals surface area contributed by atoms with Crippen LogP contribution in [0.4, 0.5) is 0 Å². The number of amides is 1. The zero-order valence-electron chi connectivity index (χ0n) is 11.1. The number of nitrogens with one attached hydrogen (secondary N) is 1. The number of H-pyrrole nitrogens is 1. The van der Waals surface area contributed by atoms with Crippen molar-refractivity contribution in [3.8, 4) is 0 Å². The molecule has 2 rings (SSSR count). The quantitative estimate of drug-likeness (QED) is 0.484. The topological polar surface area (TPSA) is 140 Å². The number of aromatic nitrogens is 2. The minimum Gasteiger partial charge on any atom is -0.387 e. The van der Waals surface area contributed by atoms with Crippen LogP contribution >= 0.6 is 12.2 Å². The Morgan fingerprint density at radius 2 is 2.24 bits per heavy atom. The molecule has 5 N–H and O–H groups in total. The molecule has 4 unspecified atom stereocenters. The smallest absolute Gasteiger partial charge is 0.264 e. The van der Waals surface area contributed by atoms with Crippen molar-refractivity contribution in [1.82, 2.24) is 9.55 Å². The first kappa shape index (κ1) is 15.8. The summed E-state index contributed by atoms with van der Waals surface area (Å²) in [6, 6.07) is 0. The molecule has 1 aromatic rings. The number of nitrogens with zero attached hydrogens (tertiary/aromatic N) is 1. The Labute approximate surface area is 123 Å². The van der Waals surface area contributed by atoms with E-state index in [9.17, 15) is 19.8 Å². The fraction of sp³-hybridized carbons (Fsp3) is 0.545. The Kier molecular flexibility index (Phi) is 4.54. The number of aliphatic hydroxyl groups is 2. The lowest BCUT2D eigenvalue weighted by Crippen LogP contribution is -2.34. The molecule has 0 spiro atoms. The van der Waals surface area contributed by atoms with Gasteiger partial charge >= 0.3 is 0 Å². The van der Waals surface area contributed by atoms with Crippen LogP contribution in [0.5, 0.6) is 0 Å². The van der Waals surface area contributed by atoms with Crippen molar-refractivity contribution in [2.24, 2.45) is 5.73 Å². The zero-order chi connectivity index (χ0) is 15.7. The Hall–Kier alpha value is -1.59. The molecule has 21 heavy (non-hydrogen) atoms. The van der Waals surface area contributed by atoms with Crippen molar-refractivity contribution in [3.63, 3.8) is 0 Å². The second kappa shape index (κ2) is 6.03. The standard InChI is InChI=1S/C11H15N3O6S/c1-19-3-5-6(15)7(16)10(20-5)14-2-4(8(12)17)9(18)13-11(14)21/h2,5-7,10,15-16H,3H2,1H3,(H2,12,17)(H,13,18,21). The Bertz CT molecular complexity index is 656. The summed E-state index contributed by atoms with van der Waals surface area (Å²) in [5.74, 6) is -0.943. The molecular formula is C11H15N3O6S. The number of aromatic amines is 1. The van der Waals surface area contributed by atoms with Gasteiger partial charge in [-0.1, -0.05) is 0 Å². The molecule has 1 aliphatic rings. The second-order valence-electron chi connectivity index (χ2n) is 4.58. The largest absolute Gasteiger partial charge is 0.387 e. The lowest BCUT2D eigenvalue weighted by Gasteiger charge is -2.18.